The summed E-state index contributed by atoms with van der Waals surface area (Å²) in [5, 5.41) is 0. The average molecular weight is 319 g/mol. The first-order chi connectivity index (χ1) is 9.67. The third-order valence-corrected chi connectivity index (χ3v) is 5.14. The summed E-state index contributed by atoms with van der Waals surface area (Å²) in [6.07, 6.45) is 3.09. The van der Waals surface area contributed by atoms with Crippen molar-refractivity contribution >= 4 is 16.1 Å². The Bertz CT molecular complexity index is 504. The van der Waals surface area contributed by atoms with Crippen LogP contribution in [-0.2, 0) is 14.8 Å². The Labute approximate surface area is 126 Å². The Kier molecular flexibility index (Phi) is 4.51. The number of methoxy groups -OCH3 is 1. The predicted molar refractivity (Wildman–Crippen MR) is 79.5 cm³/mol. The number of nitrogens with one attached hydrogen (secondary N) is 1. The number of urea groups is 1. The molecule has 2 fully saturated rings. The quantitative estimate of drug-likeness (QED) is 0.779. The van der Waals surface area contributed by atoms with Gasteiger partial charge < -0.3 is 14.5 Å². The molecule has 1 spiro atoms. The normalized spacial score (nSPS) is 25.1. The van der Waals surface area contributed by atoms with Crippen molar-refractivity contribution in [2.75, 3.05) is 40.0 Å². The van der Waals surface area contributed by atoms with Gasteiger partial charge in [0.25, 0.3) is 0 Å². The fourth-order valence-corrected chi connectivity index (χ4v) is 3.82. The van der Waals surface area contributed by atoms with Crippen molar-refractivity contribution in [3.05, 3.63) is 0 Å². The van der Waals surface area contributed by atoms with E-state index in [1.807, 2.05) is 6.92 Å². The molecule has 2 amide bonds. The van der Waals surface area contributed by atoms with E-state index in [0.29, 0.717) is 19.6 Å². The SMILES string of the molecule is CO[C@@H](C)CN(C)C(=O)N1CC(NS(C)(=O)=O)C2(CC2)C1. The molecule has 2 aliphatic rings. The number of ether oxygens (including phenoxy) is 1. The van der Waals surface area contributed by atoms with Crippen LogP contribution in [-0.4, -0.2) is 76.4 Å². The van der Waals surface area contributed by atoms with Crippen molar-refractivity contribution in [1.29, 1.82) is 0 Å². The van der Waals surface area contributed by atoms with Gasteiger partial charge in [-0.25, -0.2) is 17.9 Å². The highest BCUT2D eigenvalue weighted by Crippen LogP contribution is 2.53. The molecule has 122 valence electrons. The second-order valence-corrected chi connectivity index (χ2v) is 8.17. The van der Waals surface area contributed by atoms with Crippen LogP contribution in [0, 0.1) is 5.41 Å². The van der Waals surface area contributed by atoms with Crippen molar-refractivity contribution in [2.24, 2.45) is 5.41 Å². The summed E-state index contributed by atoms with van der Waals surface area (Å²) in [7, 11) is 0.107. The molecule has 1 aliphatic carbocycles. The summed E-state index contributed by atoms with van der Waals surface area (Å²) in [4.78, 5) is 15.8. The number of nitrogens with zero attached hydrogens (tertiary/aromatic N) is 2. The molecule has 7 nitrogen and oxygen atoms in total. The van der Waals surface area contributed by atoms with Gasteiger partial charge in [-0.1, -0.05) is 0 Å². The molecule has 0 aromatic rings. The topological polar surface area (TPSA) is 79.0 Å². The highest BCUT2D eigenvalue weighted by molar-refractivity contribution is 7.88. The van der Waals surface area contributed by atoms with E-state index in [4.69, 9.17) is 4.74 Å². The first-order valence-corrected chi connectivity index (χ1v) is 9.06. The number of hydrogen-bond donors (Lipinski definition) is 1. The van der Waals surface area contributed by atoms with Crippen LogP contribution in [0.5, 0.6) is 0 Å². The molecule has 2 rings (SSSR count). The average Bonchev–Trinajstić information content (AvgIpc) is 3.06. The second-order valence-electron chi connectivity index (χ2n) is 6.39. The van der Waals surface area contributed by atoms with Crippen molar-refractivity contribution < 1.29 is 17.9 Å². The fraction of sp³-hybridized carbons (Fsp3) is 0.923. The summed E-state index contributed by atoms with van der Waals surface area (Å²) in [5.74, 6) is 0. The van der Waals surface area contributed by atoms with Gasteiger partial charge in [-0.05, 0) is 19.8 Å². The number of likely N-dealkylation sites (N-methyl/N-ethyl adjacent to an activating group) is 1. The minimum Gasteiger partial charge on any atom is -0.380 e. The number of sulfonamides is 1. The lowest BCUT2D eigenvalue weighted by atomic mass is 10.0. The van der Waals surface area contributed by atoms with Crippen molar-refractivity contribution in [3.8, 4) is 0 Å². The van der Waals surface area contributed by atoms with Gasteiger partial charge in [-0.2, -0.15) is 0 Å². The maximum atomic E-state index is 12.4. The Morgan fingerprint density at radius 2 is 2.14 bits per heavy atom. The Morgan fingerprint density at radius 1 is 1.52 bits per heavy atom. The largest absolute Gasteiger partial charge is 0.380 e. The number of rotatable bonds is 5. The number of hydrogen-bond acceptors (Lipinski definition) is 4. The summed E-state index contributed by atoms with van der Waals surface area (Å²) in [5.41, 5.74) is -0.0492. The van der Waals surface area contributed by atoms with Crippen LogP contribution < -0.4 is 4.72 Å². The number of carbonyl (C=O) groups excluding carboxylic acids is 1. The third-order valence-electron chi connectivity index (χ3n) is 4.43. The number of carbonyl (C=O) groups is 1. The predicted octanol–water partition coefficient (Wildman–Crippen LogP) is 0.0867. The van der Waals surface area contributed by atoms with Gasteiger partial charge in [0.05, 0.1) is 12.4 Å². The summed E-state index contributed by atoms with van der Waals surface area (Å²) < 4.78 is 30.8. The zero-order chi connectivity index (χ0) is 15.8. The van der Waals surface area contributed by atoms with Gasteiger partial charge in [-0.15, -0.1) is 0 Å². The monoisotopic (exact) mass is 319 g/mol. The van der Waals surface area contributed by atoms with E-state index in [1.54, 1.807) is 24.0 Å². The van der Waals surface area contributed by atoms with Crippen molar-refractivity contribution in [3.63, 3.8) is 0 Å². The van der Waals surface area contributed by atoms with E-state index in [-0.39, 0.29) is 23.6 Å². The Balaban J connectivity index is 1.98. The zero-order valence-corrected chi connectivity index (χ0v) is 13.9. The molecule has 1 saturated heterocycles. The lowest BCUT2D eigenvalue weighted by Gasteiger charge is -2.26. The highest BCUT2D eigenvalue weighted by Gasteiger charge is 2.57. The van der Waals surface area contributed by atoms with Crippen LogP contribution in [0.25, 0.3) is 0 Å². The maximum absolute atomic E-state index is 12.4. The van der Waals surface area contributed by atoms with Gasteiger partial charge >= 0.3 is 6.03 Å². The lowest BCUT2D eigenvalue weighted by Crippen LogP contribution is -2.44. The minimum atomic E-state index is -3.25. The van der Waals surface area contributed by atoms with Crippen LogP contribution in [0.3, 0.4) is 0 Å². The molecule has 0 bridgehead atoms. The summed E-state index contributed by atoms with van der Waals surface area (Å²) in [6, 6.07) is -0.229. The van der Waals surface area contributed by atoms with Gasteiger partial charge in [0.1, 0.15) is 0 Å². The third kappa shape index (κ3) is 3.87. The fourth-order valence-electron chi connectivity index (χ4n) is 2.98. The highest BCUT2D eigenvalue weighted by atomic mass is 32.2. The second kappa shape index (κ2) is 5.73. The molecule has 0 aromatic carbocycles. The molecular weight excluding hydrogens is 294 g/mol. The summed E-state index contributed by atoms with van der Waals surface area (Å²) in [6.45, 7) is 3.50. The van der Waals surface area contributed by atoms with E-state index in [2.05, 4.69) is 4.72 Å². The Morgan fingerprint density at radius 3 is 2.62 bits per heavy atom. The lowest BCUT2D eigenvalue weighted by molar-refractivity contribution is 0.0854. The van der Waals surface area contributed by atoms with E-state index in [0.717, 1.165) is 12.8 Å². The molecule has 1 N–H and O–H groups in total. The van der Waals surface area contributed by atoms with Gasteiger partial charge in [0.15, 0.2) is 0 Å². The maximum Gasteiger partial charge on any atom is 0.319 e. The standard InChI is InChI=1S/C13H25N3O4S/c1-10(20-3)7-15(2)12(17)16-8-11(14-21(4,18)19)13(9-16)5-6-13/h10-11,14H,5-9H2,1-4H3/t10-,11?/m0/s1. The zero-order valence-electron chi connectivity index (χ0n) is 13.1. The minimum absolute atomic E-state index is 0.0265. The molecule has 2 atom stereocenters. The van der Waals surface area contributed by atoms with Crippen molar-refractivity contribution in [2.45, 2.75) is 31.9 Å². The smallest absolute Gasteiger partial charge is 0.319 e. The molecule has 8 heteroatoms. The molecule has 21 heavy (non-hydrogen) atoms. The first-order valence-electron chi connectivity index (χ1n) is 7.17. The van der Waals surface area contributed by atoms with Gasteiger partial charge in [0, 0.05) is 45.2 Å². The molecule has 1 saturated carbocycles. The van der Waals surface area contributed by atoms with E-state index < -0.39 is 10.0 Å². The first kappa shape index (κ1) is 16.5. The van der Waals surface area contributed by atoms with Crippen molar-refractivity contribution in [1.82, 2.24) is 14.5 Å². The molecule has 1 heterocycles. The molecule has 0 radical (unpaired) electrons. The van der Waals surface area contributed by atoms with E-state index in [1.165, 1.54) is 6.26 Å². The van der Waals surface area contributed by atoms with Crippen LogP contribution in [0.1, 0.15) is 19.8 Å². The molecule has 1 aliphatic heterocycles. The Hall–Kier alpha value is -0.860. The molecule has 1 unspecified atom stereocenters. The van der Waals surface area contributed by atoms with Gasteiger partial charge in [0.2, 0.25) is 10.0 Å². The summed E-state index contributed by atoms with van der Waals surface area (Å²) >= 11 is 0. The van der Waals surface area contributed by atoms with Gasteiger partial charge in [-0.3, -0.25) is 0 Å². The van der Waals surface area contributed by atoms with Crippen LogP contribution in [0.4, 0.5) is 4.79 Å². The molecule has 0 aromatic heterocycles. The van der Waals surface area contributed by atoms with Crippen LogP contribution >= 0.6 is 0 Å². The van der Waals surface area contributed by atoms with E-state index >= 15 is 0 Å². The molecular formula is C13H25N3O4S. The van der Waals surface area contributed by atoms with E-state index in [9.17, 15) is 13.2 Å². The number of likely N-dealkylation sites (tertiary alicyclic amines) is 1. The van der Waals surface area contributed by atoms with Crippen LogP contribution in [0.2, 0.25) is 0 Å². The number of amides is 2. The van der Waals surface area contributed by atoms with Crippen LogP contribution in [0.15, 0.2) is 0 Å².